The van der Waals surface area contributed by atoms with Gasteiger partial charge in [-0.2, -0.15) is 0 Å². The molecule has 2 aromatic heterocycles. The Morgan fingerprint density at radius 1 is 1.12 bits per heavy atom. The first-order valence-electron chi connectivity index (χ1n) is 12.2. The molecule has 5 rings (SSSR count). The minimum absolute atomic E-state index is 0.0204. The summed E-state index contributed by atoms with van der Waals surface area (Å²) in [5.74, 6) is -0.0681. The number of rotatable bonds is 6. The normalized spacial score (nSPS) is 20.0. The number of pyridine rings is 1. The average molecular weight is 435 g/mol. The van der Waals surface area contributed by atoms with E-state index in [9.17, 15) is 9.59 Å². The first-order chi connectivity index (χ1) is 15.6. The van der Waals surface area contributed by atoms with Crippen LogP contribution in [0, 0.1) is 0 Å². The topological polar surface area (TPSA) is 59.3 Å². The molecule has 0 bridgehead atoms. The van der Waals surface area contributed by atoms with Gasteiger partial charge in [-0.25, -0.2) is 0 Å². The van der Waals surface area contributed by atoms with Crippen LogP contribution in [0.2, 0.25) is 0 Å². The van der Waals surface area contributed by atoms with Crippen LogP contribution in [0.1, 0.15) is 68.3 Å². The summed E-state index contributed by atoms with van der Waals surface area (Å²) < 4.78 is 3.82. The Hall–Kier alpha value is -2.60. The number of nitrogens with zero attached hydrogens (tertiary/aromatic N) is 3. The van der Waals surface area contributed by atoms with E-state index in [1.807, 2.05) is 46.6 Å². The van der Waals surface area contributed by atoms with E-state index in [2.05, 4.69) is 17.1 Å². The Morgan fingerprint density at radius 3 is 2.69 bits per heavy atom. The maximum absolute atomic E-state index is 13.6. The number of hydrogen-bond acceptors (Lipinski definition) is 3. The maximum Gasteiger partial charge on any atom is 0.275 e. The highest BCUT2D eigenvalue weighted by atomic mass is 16.2. The van der Waals surface area contributed by atoms with Crippen LogP contribution < -0.4 is 10.9 Å². The van der Waals surface area contributed by atoms with Gasteiger partial charge in [0.1, 0.15) is 5.52 Å². The van der Waals surface area contributed by atoms with Crippen molar-refractivity contribution >= 4 is 27.7 Å². The van der Waals surface area contributed by atoms with Crippen LogP contribution in [-0.4, -0.2) is 45.6 Å². The van der Waals surface area contributed by atoms with Crippen molar-refractivity contribution in [2.24, 2.45) is 7.05 Å². The maximum atomic E-state index is 13.6. The molecule has 1 aliphatic carbocycles. The number of nitrogens with one attached hydrogen (secondary N) is 1. The van der Waals surface area contributed by atoms with Crippen molar-refractivity contribution < 1.29 is 4.79 Å². The second-order valence-electron chi connectivity index (χ2n) is 9.54. The van der Waals surface area contributed by atoms with Gasteiger partial charge in [0.2, 0.25) is 0 Å². The quantitative estimate of drug-likeness (QED) is 0.632. The molecule has 0 unspecified atom stereocenters. The van der Waals surface area contributed by atoms with E-state index in [0.717, 1.165) is 67.9 Å². The lowest BCUT2D eigenvalue weighted by Gasteiger charge is -2.24. The Kier molecular flexibility index (Phi) is 5.80. The molecule has 32 heavy (non-hydrogen) atoms. The lowest BCUT2D eigenvalue weighted by molar-refractivity contribution is 0.0941. The molecule has 3 heterocycles. The highest BCUT2D eigenvalue weighted by molar-refractivity contribution is 6.17. The largest absolute Gasteiger partial charge is 0.350 e. The number of carbonyl (C=O) groups is 1. The van der Waals surface area contributed by atoms with Crippen LogP contribution in [0.4, 0.5) is 0 Å². The number of likely N-dealkylation sites (tertiary alicyclic amines) is 1. The van der Waals surface area contributed by atoms with E-state index in [-0.39, 0.29) is 17.5 Å². The number of para-hydroxylation sites is 1. The molecule has 0 radical (unpaired) electrons. The Bertz CT molecular complexity index is 1200. The van der Waals surface area contributed by atoms with Crippen LogP contribution in [0.15, 0.2) is 35.3 Å². The SMILES string of the molecule is CCCN1CCC[C@H]1CNC(=O)c1cn(C2CCCC2)c(=O)c2c1c1ccccc1n2C. The molecule has 2 fully saturated rings. The smallest absolute Gasteiger partial charge is 0.275 e. The molecule has 1 saturated carbocycles. The zero-order valence-electron chi connectivity index (χ0n) is 19.3. The van der Waals surface area contributed by atoms with Gasteiger partial charge in [-0.1, -0.05) is 38.0 Å². The Labute approximate surface area is 189 Å². The predicted molar refractivity (Wildman–Crippen MR) is 129 cm³/mol. The van der Waals surface area contributed by atoms with Crippen LogP contribution >= 0.6 is 0 Å². The number of fused-ring (bicyclic) bond motifs is 3. The highest BCUT2D eigenvalue weighted by Gasteiger charge is 2.27. The predicted octanol–water partition coefficient (Wildman–Crippen LogP) is 4.21. The first-order valence-corrected chi connectivity index (χ1v) is 12.2. The minimum Gasteiger partial charge on any atom is -0.350 e. The molecule has 1 saturated heterocycles. The fourth-order valence-electron chi connectivity index (χ4n) is 5.94. The van der Waals surface area contributed by atoms with Gasteiger partial charge in [0.25, 0.3) is 11.5 Å². The third-order valence-electron chi connectivity index (χ3n) is 7.55. The molecular formula is C26H34N4O2. The Morgan fingerprint density at radius 2 is 1.91 bits per heavy atom. The molecule has 1 N–H and O–H groups in total. The van der Waals surface area contributed by atoms with Crippen molar-refractivity contribution in [1.82, 2.24) is 19.4 Å². The number of benzene rings is 1. The van der Waals surface area contributed by atoms with E-state index in [4.69, 9.17) is 0 Å². The highest BCUT2D eigenvalue weighted by Crippen LogP contribution is 2.33. The zero-order chi connectivity index (χ0) is 22.2. The molecule has 1 amide bonds. The van der Waals surface area contributed by atoms with Gasteiger partial charge in [0.05, 0.1) is 5.56 Å². The van der Waals surface area contributed by atoms with E-state index in [1.165, 1.54) is 6.42 Å². The summed E-state index contributed by atoms with van der Waals surface area (Å²) in [6.07, 6.45) is 9.59. The molecule has 3 aromatic rings. The van der Waals surface area contributed by atoms with Gasteiger partial charge < -0.3 is 14.5 Å². The van der Waals surface area contributed by atoms with Crippen LogP contribution in [-0.2, 0) is 7.05 Å². The second kappa shape index (κ2) is 8.74. The van der Waals surface area contributed by atoms with Crippen molar-refractivity contribution in [3.63, 3.8) is 0 Å². The van der Waals surface area contributed by atoms with Crippen LogP contribution in [0.3, 0.4) is 0 Å². The van der Waals surface area contributed by atoms with Crippen molar-refractivity contribution in [3.8, 4) is 0 Å². The van der Waals surface area contributed by atoms with Crippen molar-refractivity contribution in [2.75, 3.05) is 19.6 Å². The zero-order valence-corrected chi connectivity index (χ0v) is 19.3. The molecule has 1 aliphatic heterocycles. The molecule has 2 aliphatic rings. The molecule has 6 nitrogen and oxygen atoms in total. The monoisotopic (exact) mass is 434 g/mol. The summed E-state index contributed by atoms with van der Waals surface area (Å²) >= 11 is 0. The fraction of sp³-hybridized carbons (Fsp3) is 0.538. The summed E-state index contributed by atoms with van der Waals surface area (Å²) in [7, 11) is 1.94. The molecule has 0 spiro atoms. The molecule has 1 atom stereocenters. The lowest BCUT2D eigenvalue weighted by atomic mass is 10.1. The number of aryl methyl sites for hydroxylation is 1. The minimum atomic E-state index is -0.0681. The third-order valence-corrected chi connectivity index (χ3v) is 7.55. The van der Waals surface area contributed by atoms with Crippen molar-refractivity contribution in [3.05, 3.63) is 46.4 Å². The van der Waals surface area contributed by atoms with E-state index in [1.54, 1.807) is 0 Å². The van der Waals surface area contributed by atoms with Gasteiger partial charge in [0.15, 0.2) is 0 Å². The summed E-state index contributed by atoms with van der Waals surface area (Å²) in [6, 6.07) is 8.60. The summed E-state index contributed by atoms with van der Waals surface area (Å²) in [4.78, 5) is 29.6. The third kappa shape index (κ3) is 3.54. The Balaban J connectivity index is 1.58. The summed E-state index contributed by atoms with van der Waals surface area (Å²) in [5, 5.41) is 4.99. The van der Waals surface area contributed by atoms with E-state index in [0.29, 0.717) is 23.7 Å². The lowest BCUT2D eigenvalue weighted by Crippen LogP contribution is -2.40. The van der Waals surface area contributed by atoms with Crippen molar-refractivity contribution in [1.29, 1.82) is 0 Å². The van der Waals surface area contributed by atoms with Gasteiger partial charge >= 0.3 is 0 Å². The molecule has 1 aromatic carbocycles. The number of hydrogen-bond donors (Lipinski definition) is 1. The standard InChI is InChI=1S/C26H34N4O2/c1-3-14-29-15-8-11-19(29)16-27-25(31)21-17-30(18-9-4-5-10-18)26(32)24-23(21)20-12-6-7-13-22(20)28(24)2/h6-7,12-13,17-19H,3-5,8-11,14-16H2,1-2H3,(H,27,31)/t19-/m0/s1. The van der Waals surface area contributed by atoms with Crippen LogP contribution in [0.5, 0.6) is 0 Å². The second-order valence-corrected chi connectivity index (χ2v) is 9.54. The molecular weight excluding hydrogens is 400 g/mol. The summed E-state index contributed by atoms with van der Waals surface area (Å²) in [5.41, 5.74) is 2.28. The average Bonchev–Trinajstić information content (AvgIpc) is 3.54. The van der Waals surface area contributed by atoms with Gasteiger partial charge in [-0.3, -0.25) is 14.5 Å². The van der Waals surface area contributed by atoms with Gasteiger partial charge in [-0.05, 0) is 51.3 Å². The van der Waals surface area contributed by atoms with Crippen LogP contribution in [0.25, 0.3) is 21.8 Å². The van der Waals surface area contributed by atoms with Gasteiger partial charge in [-0.15, -0.1) is 0 Å². The van der Waals surface area contributed by atoms with Crippen molar-refractivity contribution in [2.45, 2.75) is 64.0 Å². The van der Waals surface area contributed by atoms with E-state index >= 15 is 0 Å². The number of carbonyl (C=O) groups excluding carboxylic acids is 1. The fourth-order valence-corrected chi connectivity index (χ4v) is 5.94. The number of amides is 1. The van der Waals surface area contributed by atoms with Gasteiger partial charge in [0, 0.05) is 48.2 Å². The first kappa shape index (κ1) is 21.3. The number of aromatic nitrogens is 2. The van der Waals surface area contributed by atoms with E-state index < -0.39 is 0 Å². The molecule has 170 valence electrons. The summed E-state index contributed by atoms with van der Waals surface area (Å²) in [6.45, 7) is 5.07. The molecule has 6 heteroatoms.